The van der Waals surface area contributed by atoms with Crippen LogP contribution in [0.5, 0.6) is 0 Å². The van der Waals surface area contributed by atoms with Crippen molar-refractivity contribution in [1.29, 1.82) is 0 Å². The average Bonchev–Trinajstić information content (AvgIpc) is 2.72. The maximum absolute atomic E-state index is 13.0. The van der Waals surface area contributed by atoms with Crippen molar-refractivity contribution in [3.05, 3.63) is 54.1 Å². The first-order valence-corrected chi connectivity index (χ1v) is 12.4. The predicted molar refractivity (Wildman–Crippen MR) is 119 cm³/mol. The molecule has 2 amide bonds. The van der Waals surface area contributed by atoms with Crippen LogP contribution in [0.1, 0.15) is 26.3 Å². The summed E-state index contributed by atoms with van der Waals surface area (Å²) < 4.78 is 25.9. The van der Waals surface area contributed by atoms with Crippen LogP contribution in [0, 0.1) is 5.92 Å². The third-order valence-electron chi connectivity index (χ3n) is 5.04. The minimum absolute atomic E-state index is 0.113. The first-order valence-electron chi connectivity index (χ1n) is 9.88. The summed E-state index contributed by atoms with van der Waals surface area (Å²) in [5, 5.41) is 2.53. The van der Waals surface area contributed by atoms with Crippen molar-refractivity contribution in [2.75, 3.05) is 17.6 Å². The Bertz CT molecular complexity index is 1040. The summed E-state index contributed by atoms with van der Waals surface area (Å²) >= 11 is 1.40. The number of hydrogen-bond acceptors (Lipinski definition) is 5. The summed E-state index contributed by atoms with van der Waals surface area (Å²) in [7, 11) is -3.69. The van der Waals surface area contributed by atoms with Gasteiger partial charge in [-0.1, -0.05) is 37.3 Å². The van der Waals surface area contributed by atoms with Crippen LogP contribution in [0.3, 0.4) is 0 Å². The van der Waals surface area contributed by atoms with E-state index < -0.39 is 15.8 Å². The molecule has 0 aromatic heterocycles. The zero-order chi connectivity index (χ0) is 21.9. The second-order valence-electron chi connectivity index (χ2n) is 7.43. The number of sulfone groups is 1. The van der Waals surface area contributed by atoms with E-state index >= 15 is 0 Å². The van der Waals surface area contributed by atoms with E-state index in [1.54, 1.807) is 30.9 Å². The van der Waals surface area contributed by atoms with Gasteiger partial charge in [-0.15, -0.1) is 11.8 Å². The van der Waals surface area contributed by atoms with Gasteiger partial charge in [-0.3, -0.25) is 9.59 Å². The fourth-order valence-electron chi connectivity index (χ4n) is 3.34. The third-order valence-corrected chi connectivity index (χ3v) is 8.13. The molecule has 2 atom stereocenters. The smallest absolute Gasteiger partial charge is 0.237 e. The lowest BCUT2D eigenvalue weighted by molar-refractivity contribution is -0.134. The van der Waals surface area contributed by atoms with E-state index in [0.29, 0.717) is 18.8 Å². The lowest BCUT2D eigenvalue weighted by Crippen LogP contribution is -2.37. The maximum atomic E-state index is 13.0. The van der Waals surface area contributed by atoms with Crippen LogP contribution < -0.4 is 5.32 Å². The highest BCUT2D eigenvalue weighted by Crippen LogP contribution is 2.37. The predicted octanol–water partition coefficient (Wildman–Crippen LogP) is 3.58. The molecule has 1 N–H and O–H groups in total. The summed E-state index contributed by atoms with van der Waals surface area (Å²) in [6.45, 7) is 6.27. The first kappa shape index (κ1) is 22.4. The van der Waals surface area contributed by atoms with E-state index in [1.165, 1.54) is 17.8 Å². The molecule has 2 aromatic rings. The minimum Gasteiger partial charge on any atom is -0.338 e. The number of carbonyl (C=O) groups is 2. The molecule has 3 rings (SSSR count). The van der Waals surface area contributed by atoms with Crippen LogP contribution in [0.4, 0.5) is 5.69 Å². The number of rotatable bonds is 7. The van der Waals surface area contributed by atoms with Gasteiger partial charge in [0, 0.05) is 23.9 Å². The van der Waals surface area contributed by atoms with E-state index in [2.05, 4.69) is 5.32 Å². The summed E-state index contributed by atoms with van der Waals surface area (Å²) in [5.74, 6) is -1.31. The van der Waals surface area contributed by atoms with Gasteiger partial charge in [0.1, 0.15) is 0 Å². The topological polar surface area (TPSA) is 83.6 Å². The second kappa shape index (κ2) is 9.22. The average molecular weight is 447 g/mol. The maximum Gasteiger partial charge on any atom is 0.237 e. The van der Waals surface area contributed by atoms with Gasteiger partial charge in [-0.05, 0) is 37.6 Å². The van der Waals surface area contributed by atoms with Crippen molar-refractivity contribution in [3.63, 3.8) is 0 Å². The lowest BCUT2D eigenvalue weighted by atomic mass is 10.1. The molecule has 0 saturated heterocycles. The number of hydrogen-bond donors (Lipinski definition) is 1. The van der Waals surface area contributed by atoms with E-state index in [9.17, 15) is 18.0 Å². The highest BCUT2D eigenvalue weighted by molar-refractivity contribution is 8.01. The molecule has 0 spiro atoms. The monoisotopic (exact) mass is 446 g/mol. The van der Waals surface area contributed by atoms with Crippen LogP contribution in [-0.2, 0) is 26.0 Å². The largest absolute Gasteiger partial charge is 0.338 e. The zero-order valence-corrected chi connectivity index (χ0v) is 18.9. The fourth-order valence-corrected chi connectivity index (χ4v) is 5.84. The molecule has 0 bridgehead atoms. The number of thioether (sulfide) groups is 1. The Morgan fingerprint density at radius 3 is 2.57 bits per heavy atom. The molecule has 0 fully saturated rings. The van der Waals surface area contributed by atoms with E-state index in [1.807, 2.05) is 37.3 Å². The number of fused-ring (bicyclic) bond motifs is 1. The number of nitrogens with zero attached hydrogens (tertiary/aromatic N) is 1. The number of amides is 2. The van der Waals surface area contributed by atoms with Crippen LogP contribution in [-0.4, -0.2) is 42.7 Å². The van der Waals surface area contributed by atoms with Crippen molar-refractivity contribution in [2.24, 2.45) is 5.92 Å². The molecule has 1 aliphatic heterocycles. The van der Waals surface area contributed by atoms with Gasteiger partial charge < -0.3 is 10.2 Å². The molecular weight excluding hydrogens is 420 g/mol. The number of anilines is 1. The normalized spacial score (nSPS) is 17.0. The van der Waals surface area contributed by atoms with E-state index in [4.69, 9.17) is 0 Å². The van der Waals surface area contributed by atoms with Gasteiger partial charge in [0.25, 0.3) is 0 Å². The molecule has 1 heterocycles. The Balaban J connectivity index is 1.73. The van der Waals surface area contributed by atoms with Gasteiger partial charge in [-0.25, -0.2) is 8.42 Å². The summed E-state index contributed by atoms with van der Waals surface area (Å²) in [6, 6.07) is 14.4. The summed E-state index contributed by atoms with van der Waals surface area (Å²) in [4.78, 5) is 27.4. The number of carbonyl (C=O) groups excluding carboxylic acids is 2. The molecule has 0 radical (unpaired) electrons. The Morgan fingerprint density at radius 2 is 1.90 bits per heavy atom. The number of nitrogens with one attached hydrogen (secondary N) is 1. The van der Waals surface area contributed by atoms with Gasteiger partial charge in [0.15, 0.2) is 9.84 Å². The zero-order valence-electron chi connectivity index (χ0n) is 17.3. The van der Waals surface area contributed by atoms with E-state index in [0.717, 1.165) is 10.5 Å². The Morgan fingerprint density at radius 1 is 1.20 bits per heavy atom. The number of benzene rings is 2. The van der Waals surface area contributed by atoms with Crippen molar-refractivity contribution in [3.8, 4) is 0 Å². The minimum atomic E-state index is -3.69. The Kier molecular flexibility index (Phi) is 6.88. The quantitative estimate of drug-likeness (QED) is 0.703. The molecule has 160 valence electrons. The highest BCUT2D eigenvalue weighted by Gasteiger charge is 2.29. The SMILES string of the molecule is CCN(Cc1ccccc1)C(=O)[C@H](C)CS(=O)(=O)c1ccc2c(c1)NC(=O)[C@@H](C)S2. The molecule has 6 nitrogen and oxygen atoms in total. The standard InChI is InChI=1S/C22H26N2O4S2/c1-4-24(13-17-8-6-5-7-9-17)22(26)15(2)14-30(27,28)18-10-11-20-19(12-18)23-21(25)16(3)29-20/h5-12,15-16H,4,13-14H2,1-3H3,(H,23,25)/t15-,16-/m1/s1. The fraction of sp³-hybridized carbons (Fsp3) is 0.364. The molecule has 0 unspecified atom stereocenters. The molecule has 30 heavy (non-hydrogen) atoms. The van der Waals surface area contributed by atoms with Crippen LogP contribution >= 0.6 is 11.8 Å². The van der Waals surface area contributed by atoms with Crippen molar-refractivity contribution < 1.29 is 18.0 Å². The van der Waals surface area contributed by atoms with Gasteiger partial charge in [0.2, 0.25) is 11.8 Å². The van der Waals surface area contributed by atoms with Crippen molar-refractivity contribution >= 4 is 39.1 Å². The van der Waals surface area contributed by atoms with Crippen molar-refractivity contribution in [1.82, 2.24) is 4.90 Å². The Labute approximate surface area is 182 Å². The summed E-state index contributed by atoms with van der Waals surface area (Å²) in [6.07, 6.45) is 0. The molecule has 2 aromatic carbocycles. The van der Waals surface area contributed by atoms with Crippen LogP contribution in [0.25, 0.3) is 0 Å². The van der Waals surface area contributed by atoms with Gasteiger partial charge >= 0.3 is 0 Å². The molecule has 8 heteroatoms. The first-order chi connectivity index (χ1) is 14.2. The Hall–Kier alpha value is -2.32. The van der Waals surface area contributed by atoms with Gasteiger partial charge in [-0.2, -0.15) is 0 Å². The molecule has 1 aliphatic rings. The molecule has 0 aliphatic carbocycles. The van der Waals surface area contributed by atoms with Crippen LogP contribution in [0.2, 0.25) is 0 Å². The molecule has 0 saturated carbocycles. The van der Waals surface area contributed by atoms with E-state index in [-0.39, 0.29) is 27.7 Å². The van der Waals surface area contributed by atoms with Gasteiger partial charge in [0.05, 0.1) is 21.6 Å². The second-order valence-corrected chi connectivity index (χ2v) is 10.8. The third kappa shape index (κ3) is 5.05. The summed E-state index contributed by atoms with van der Waals surface area (Å²) in [5.41, 5.74) is 1.50. The molecular formula is C22H26N2O4S2. The lowest BCUT2D eigenvalue weighted by Gasteiger charge is -2.25. The van der Waals surface area contributed by atoms with Crippen LogP contribution in [0.15, 0.2) is 58.3 Å². The van der Waals surface area contributed by atoms with Crippen molar-refractivity contribution in [2.45, 2.75) is 42.4 Å². The highest BCUT2D eigenvalue weighted by atomic mass is 32.2.